The highest BCUT2D eigenvalue weighted by Gasteiger charge is 2.14. The number of hydrogen-bond acceptors (Lipinski definition) is 4. The van der Waals surface area contributed by atoms with Gasteiger partial charge in [-0.15, -0.1) is 0 Å². The molecule has 0 saturated heterocycles. The lowest BCUT2D eigenvalue weighted by Crippen LogP contribution is -2.32. The minimum Gasteiger partial charge on any atom is -0.327 e. The van der Waals surface area contributed by atoms with Crippen LogP contribution in [0.15, 0.2) is 6.33 Å². The molecule has 0 aliphatic heterocycles. The van der Waals surface area contributed by atoms with E-state index in [0.29, 0.717) is 12.4 Å². The molecule has 0 radical (unpaired) electrons. The van der Waals surface area contributed by atoms with Gasteiger partial charge in [-0.05, 0) is 5.92 Å². The van der Waals surface area contributed by atoms with Crippen molar-refractivity contribution in [1.82, 2.24) is 14.8 Å². The first-order chi connectivity index (χ1) is 7.00. The minimum atomic E-state index is -0.132. The predicted molar refractivity (Wildman–Crippen MR) is 57.1 cm³/mol. The molecule has 0 spiro atoms. The molecule has 0 fully saturated rings. The van der Waals surface area contributed by atoms with Crippen molar-refractivity contribution in [2.24, 2.45) is 18.7 Å². The van der Waals surface area contributed by atoms with Gasteiger partial charge in [0.15, 0.2) is 0 Å². The molecule has 0 aromatic carbocycles. The van der Waals surface area contributed by atoms with Crippen molar-refractivity contribution in [3.8, 4) is 0 Å². The van der Waals surface area contributed by atoms with Gasteiger partial charge in [0, 0.05) is 19.5 Å². The Balaban J connectivity index is 2.47. The van der Waals surface area contributed by atoms with Gasteiger partial charge in [-0.3, -0.25) is 10.1 Å². The van der Waals surface area contributed by atoms with Gasteiger partial charge < -0.3 is 5.73 Å². The van der Waals surface area contributed by atoms with Gasteiger partial charge in [-0.1, -0.05) is 13.8 Å². The van der Waals surface area contributed by atoms with Gasteiger partial charge in [-0.2, -0.15) is 10.1 Å². The Bertz CT molecular complexity index is 333. The quantitative estimate of drug-likeness (QED) is 0.741. The standard InChI is InChI=1S/C9H17N5O/c1-6(2)7(10)4-8(15)13-9-11-5-12-14(9)3/h5-7H,4,10H2,1-3H3,(H,11,12,13,15). The van der Waals surface area contributed by atoms with Crippen LogP contribution in [0.4, 0.5) is 5.95 Å². The molecule has 1 aromatic rings. The molecule has 6 nitrogen and oxygen atoms in total. The third-order valence-electron chi connectivity index (χ3n) is 2.24. The Morgan fingerprint density at radius 2 is 2.33 bits per heavy atom. The molecule has 0 saturated carbocycles. The summed E-state index contributed by atoms with van der Waals surface area (Å²) >= 11 is 0. The lowest BCUT2D eigenvalue weighted by molar-refractivity contribution is -0.116. The highest BCUT2D eigenvalue weighted by Crippen LogP contribution is 2.05. The summed E-state index contributed by atoms with van der Waals surface area (Å²) in [6.07, 6.45) is 1.68. The second kappa shape index (κ2) is 4.88. The van der Waals surface area contributed by atoms with Crippen LogP contribution < -0.4 is 11.1 Å². The average molecular weight is 211 g/mol. The Kier molecular flexibility index (Phi) is 3.79. The van der Waals surface area contributed by atoms with E-state index in [-0.39, 0.29) is 17.9 Å². The molecule has 3 N–H and O–H groups in total. The van der Waals surface area contributed by atoms with Crippen molar-refractivity contribution in [3.63, 3.8) is 0 Å². The number of rotatable bonds is 4. The molecule has 1 atom stereocenters. The van der Waals surface area contributed by atoms with E-state index >= 15 is 0 Å². The summed E-state index contributed by atoms with van der Waals surface area (Å²) in [4.78, 5) is 15.4. The maximum atomic E-state index is 11.5. The van der Waals surface area contributed by atoms with Crippen molar-refractivity contribution in [3.05, 3.63) is 6.33 Å². The van der Waals surface area contributed by atoms with Crippen molar-refractivity contribution >= 4 is 11.9 Å². The fourth-order valence-corrected chi connectivity index (χ4v) is 1.03. The number of nitrogens with two attached hydrogens (primary N) is 1. The maximum Gasteiger partial charge on any atom is 0.228 e. The Labute approximate surface area is 88.9 Å². The highest BCUT2D eigenvalue weighted by molar-refractivity contribution is 5.89. The van der Waals surface area contributed by atoms with Crippen LogP contribution in [0, 0.1) is 5.92 Å². The van der Waals surface area contributed by atoms with E-state index in [1.165, 1.54) is 11.0 Å². The molecule has 1 unspecified atom stereocenters. The first-order valence-corrected chi connectivity index (χ1v) is 4.90. The highest BCUT2D eigenvalue weighted by atomic mass is 16.1. The second-order valence-corrected chi connectivity index (χ2v) is 3.87. The molecule has 1 aromatic heterocycles. The van der Waals surface area contributed by atoms with Gasteiger partial charge in [0.2, 0.25) is 11.9 Å². The van der Waals surface area contributed by atoms with Gasteiger partial charge in [-0.25, -0.2) is 4.68 Å². The van der Waals surface area contributed by atoms with E-state index in [4.69, 9.17) is 5.73 Å². The van der Waals surface area contributed by atoms with Crippen LogP contribution in [0.1, 0.15) is 20.3 Å². The van der Waals surface area contributed by atoms with Crippen molar-refractivity contribution in [2.75, 3.05) is 5.32 Å². The molecule has 6 heteroatoms. The number of nitrogens with one attached hydrogen (secondary N) is 1. The van der Waals surface area contributed by atoms with Crippen LogP contribution in [0.5, 0.6) is 0 Å². The molecule has 0 aliphatic rings. The lowest BCUT2D eigenvalue weighted by Gasteiger charge is -2.14. The number of anilines is 1. The normalized spacial score (nSPS) is 12.9. The van der Waals surface area contributed by atoms with Crippen LogP contribution in [0.2, 0.25) is 0 Å². The molecular formula is C9H17N5O. The monoisotopic (exact) mass is 211 g/mol. The zero-order chi connectivity index (χ0) is 11.4. The van der Waals surface area contributed by atoms with Crippen LogP contribution in [-0.4, -0.2) is 26.7 Å². The summed E-state index contributed by atoms with van der Waals surface area (Å²) in [5.74, 6) is 0.596. The SMILES string of the molecule is CC(C)C(N)CC(=O)Nc1ncnn1C. The van der Waals surface area contributed by atoms with E-state index in [1.807, 2.05) is 13.8 Å². The first-order valence-electron chi connectivity index (χ1n) is 4.90. The zero-order valence-corrected chi connectivity index (χ0v) is 9.27. The second-order valence-electron chi connectivity index (χ2n) is 3.87. The first kappa shape index (κ1) is 11.6. The third-order valence-corrected chi connectivity index (χ3v) is 2.24. The van der Waals surface area contributed by atoms with Crippen LogP contribution >= 0.6 is 0 Å². The third kappa shape index (κ3) is 3.32. The summed E-state index contributed by atoms with van der Waals surface area (Å²) in [5.41, 5.74) is 5.78. The predicted octanol–water partition coefficient (Wildman–Crippen LogP) is 0.127. The fourth-order valence-electron chi connectivity index (χ4n) is 1.03. The summed E-state index contributed by atoms with van der Waals surface area (Å²) in [7, 11) is 1.71. The largest absolute Gasteiger partial charge is 0.327 e. The molecule has 0 bridgehead atoms. The minimum absolute atomic E-state index is 0.127. The van der Waals surface area contributed by atoms with Crippen molar-refractivity contribution in [1.29, 1.82) is 0 Å². The Morgan fingerprint density at radius 3 is 2.80 bits per heavy atom. The molecule has 1 rings (SSSR count). The molecular weight excluding hydrogens is 194 g/mol. The van der Waals surface area contributed by atoms with E-state index in [9.17, 15) is 4.79 Å². The smallest absolute Gasteiger partial charge is 0.228 e. The number of aromatic nitrogens is 3. The lowest BCUT2D eigenvalue weighted by atomic mass is 10.0. The van der Waals surface area contributed by atoms with E-state index in [2.05, 4.69) is 15.4 Å². The van der Waals surface area contributed by atoms with Crippen molar-refractivity contribution in [2.45, 2.75) is 26.3 Å². The summed E-state index contributed by atoms with van der Waals surface area (Å²) in [5, 5.41) is 6.49. The number of amides is 1. The zero-order valence-electron chi connectivity index (χ0n) is 9.27. The fraction of sp³-hybridized carbons (Fsp3) is 0.667. The van der Waals surface area contributed by atoms with E-state index < -0.39 is 0 Å². The average Bonchev–Trinajstić information content (AvgIpc) is 2.51. The van der Waals surface area contributed by atoms with E-state index in [0.717, 1.165) is 0 Å². The van der Waals surface area contributed by atoms with Crippen molar-refractivity contribution < 1.29 is 4.79 Å². The molecule has 0 aliphatic carbocycles. The summed E-state index contributed by atoms with van der Waals surface area (Å²) in [6, 6.07) is -0.127. The number of carbonyl (C=O) groups excluding carboxylic acids is 1. The van der Waals surface area contributed by atoms with Gasteiger partial charge in [0.1, 0.15) is 6.33 Å². The molecule has 1 amide bonds. The summed E-state index contributed by atoms with van der Waals surface area (Å²) in [6.45, 7) is 3.97. The Morgan fingerprint density at radius 1 is 1.67 bits per heavy atom. The van der Waals surface area contributed by atoms with Crippen LogP contribution in [0.25, 0.3) is 0 Å². The Hall–Kier alpha value is -1.43. The molecule has 15 heavy (non-hydrogen) atoms. The number of hydrogen-bond donors (Lipinski definition) is 2. The molecule has 84 valence electrons. The number of carbonyl (C=O) groups is 1. The van der Waals surface area contributed by atoms with Crippen LogP contribution in [0.3, 0.4) is 0 Å². The van der Waals surface area contributed by atoms with Gasteiger partial charge >= 0.3 is 0 Å². The van der Waals surface area contributed by atoms with Crippen LogP contribution in [-0.2, 0) is 11.8 Å². The van der Waals surface area contributed by atoms with Gasteiger partial charge in [0.25, 0.3) is 0 Å². The topological polar surface area (TPSA) is 85.8 Å². The van der Waals surface area contributed by atoms with Gasteiger partial charge in [0.05, 0.1) is 0 Å². The maximum absolute atomic E-state index is 11.5. The van der Waals surface area contributed by atoms with E-state index in [1.54, 1.807) is 7.05 Å². The molecule has 1 heterocycles. The number of aryl methyl sites for hydroxylation is 1. The summed E-state index contributed by atoms with van der Waals surface area (Å²) < 4.78 is 1.50. The number of nitrogens with zero attached hydrogens (tertiary/aromatic N) is 3.